The molecule has 7 nitrogen and oxygen atoms in total. The number of halogens is 2. The maximum absolute atomic E-state index is 14.4. The molecule has 0 radical (unpaired) electrons. The van der Waals surface area contributed by atoms with Gasteiger partial charge in [0, 0.05) is 30.6 Å². The number of aryl methyl sites for hydroxylation is 1. The number of nitrogens with one attached hydrogen (secondary N) is 1. The lowest BCUT2D eigenvalue weighted by molar-refractivity contribution is -0.131. The fourth-order valence-electron chi connectivity index (χ4n) is 2.49. The molecule has 0 aliphatic carbocycles. The van der Waals surface area contributed by atoms with Gasteiger partial charge < -0.3 is 4.57 Å². The van der Waals surface area contributed by atoms with Crippen molar-refractivity contribution in [2.45, 2.75) is 24.6 Å². The molecule has 0 spiro atoms. The van der Waals surface area contributed by atoms with Gasteiger partial charge in [0.25, 0.3) is 11.5 Å². The summed E-state index contributed by atoms with van der Waals surface area (Å²) in [5.74, 6) is -2.43. The minimum absolute atomic E-state index is 0.0322. The van der Waals surface area contributed by atoms with E-state index in [4.69, 9.17) is 5.21 Å². The fraction of sp³-hybridized carbons (Fsp3) is 0.294. The van der Waals surface area contributed by atoms with E-state index in [0.717, 1.165) is 42.1 Å². The Kier molecular flexibility index (Phi) is 5.81. The summed E-state index contributed by atoms with van der Waals surface area (Å²) in [5, 5.41) is 8.79. The average Bonchev–Trinajstić information content (AvgIpc) is 2.60. The lowest BCUT2D eigenvalue weighted by Gasteiger charge is -2.25. The van der Waals surface area contributed by atoms with Crippen LogP contribution in [0.1, 0.15) is 13.3 Å². The first-order valence-electron chi connectivity index (χ1n) is 7.79. The molecule has 2 N–H and O–H groups in total. The van der Waals surface area contributed by atoms with Gasteiger partial charge in [0.05, 0.1) is 0 Å². The molecular formula is C17H18F2N2O5S. The minimum Gasteiger partial charge on any atom is -0.312 e. The molecule has 1 amide bonds. The Bertz CT molecular complexity index is 1020. The van der Waals surface area contributed by atoms with E-state index in [1.165, 1.54) is 17.6 Å². The van der Waals surface area contributed by atoms with Crippen LogP contribution < -0.4 is 11.0 Å². The second-order valence-corrected chi connectivity index (χ2v) is 8.71. The lowest BCUT2D eigenvalue weighted by Crippen LogP contribution is -2.50. The van der Waals surface area contributed by atoms with Crippen LogP contribution in [0.25, 0.3) is 11.1 Å². The zero-order valence-corrected chi connectivity index (χ0v) is 15.4. The number of hydrogen-bond donors (Lipinski definition) is 2. The van der Waals surface area contributed by atoms with Crippen molar-refractivity contribution in [1.82, 2.24) is 10.0 Å². The number of aromatic nitrogens is 1. The van der Waals surface area contributed by atoms with E-state index in [1.807, 2.05) is 0 Å². The molecular weight excluding hydrogens is 382 g/mol. The highest BCUT2D eigenvalue weighted by molar-refractivity contribution is 7.92. The molecule has 1 aromatic carbocycles. The first kappa shape index (κ1) is 20.7. The number of amides is 1. The quantitative estimate of drug-likeness (QED) is 0.565. The molecule has 2 aromatic rings. The minimum atomic E-state index is -3.94. The number of sulfone groups is 1. The highest BCUT2D eigenvalue weighted by Crippen LogP contribution is 2.24. The van der Waals surface area contributed by atoms with Crippen molar-refractivity contribution < 1.29 is 27.2 Å². The van der Waals surface area contributed by atoms with E-state index in [9.17, 15) is 26.8 Å². The van der Waals surface area contributed by atoms with Gasteiger partial charge in [-0.2, -0.15) is 0 Å². The summed E-state index contributed by atoms with van der Waals surface area (Å²) in [5.41, 5.74) is 0.943. The standard InChI is InChI=1S/C17H18F2N2O5S/c1-17(16(23)20-24,27(2,25)26)7-8-21-10-14(19)13(9-15(21)22)11-3-5-12(18)6-4-11/h3-6,9-10,24H,7-8H2,1-2H3,(H,20,23)/t17-/m1/s1. The van der Waals surface area contributed by atoms with Gasteiger partial charge in [0.2, 0.25) is 0 Å². The molecule has 27 heavy (non-hydrogen) atoms. The second kappa shape index (κ2) is 7.57. The molecule has 0 saturated heterocycles. The number of nitrogens with zero attached hydrogens (tertiary/aromatic N) is 1. The third kappa shape index (κ3) is 4.22. The van der Waals surface area contributed by atoms with E-state index in [1.54, 1.807) is 0 Å². The topological polar surface area (TPSA) is 105 Å². The lowest BCUT2D eigenvalue weighted by atomic mass is 10.1. The Hall–Kier alpha value is -2.59. The normalized spacial score (nSPS) is 13.8. The van der Waals surface area contributed by atoms with Crippen molar-refractivity contribution in [3.05, 3.63) is 58.5 Å². The van der Waals surface area contributed by atoms with Gasteiger partial charge in [0.15, 0.2) is 14.6 Å². The van der Waals surface area contributed by atoms with Crippen molar-refractivity contribution in [2.24, 2.45) is 0 Å². The largest absolute Gasteiger partial charge is 0.312 e. The fourth-order valence-corrected chi connectivity index (χ4v) is 3.33. The average molecular weight is 400 g/mol. The van der Waals surface area contributed by atoms with Crippen molar-refractivity contribution in [3.8, 4) is 11.1 Å². The Morgan fingerprint density at radius 2 is 1.85 bits per heavy atom. The summed E-state index contributed by atoms with van der Waals surface area (Å²) in [6.07, 6.45) is 1.34. The van der Waals surface area contributed by atoms with Crippen LogP contribution >= 0.6 is 0 Å². The molecule has 2 rings (SSSR count). The Labute approximate surface area is 154 Å². The van der Waals surface area contributed by atoms with Crippen LogP contribution in [0.2, 0.25) is 0 Å². The summed E-state index contributed by atoms with van der Waals surface area (Å²) in [6.45, 7) is 0.818. The van der Waals surface area contributed by atoms with Gasteiger partial charge in [-0.25, -0.2) is 22.7 Å². The molecule has 0 aliphatic heterocycles. The first-order chi connectivity index (χ1) is 12.5. The maximum Gasteiger partial charge on any atom is 0.264 e. The molecule has 1 atom stereocenters. The monoisotopic (exact) mass is 400 g/mol. The Balaban J connectivity index is 2.35. The molecule has 1 heterocycles. The van der Waals surface area contributed by atoms with Gasteiger partial charge in [0.1, 0.15) is 11.6 Å². The highest BCUT2D eigenvalue weighted by atomic mass is 32.2. The number of carbonyl (C=O) groups excluding carboxylic acids is 1. The molecule has 0 bridgehead atoms. The maximum atomic E-state index is 14.4. The van der Waals surface area contributed by atoms with Crippen LogP contribution in [0.3, 0.4) is 0 Å². The summed E-state index contributed by atoms with van der Waals surface area (Å²) < 4.78 is 50.2. The van der Waals surface area contributed by atoms with Gasteiger partial charge in [-0.05, 0) is 31.0 Å². The Morgan fingerprint density at radius 3 is 2.37 bits per heavy atom. The van der Waals surface area contributed by atoms with E-state index < -0.39 is 37.7 Å². The van der Waals surface area contributed by atoms with Crippen LogP contribution in [0.4, 0.5) is 8.78 Å². The molecule has 10 heteroatoms. The molecule has 0 fully saturated rings. The molecule has 1 aromatic heterocycles. The van der Waals surface area contributed by atoms with Crippen LogP contribution in [0.5, 0.6) is 0 Å². The predicted octanol–water partition coefficient (Wildman–Crippen LogP) is 1.49. The summed E-state index contributed by atoms with van der Waals surface area (Å²) in [6, 6.07) is 5.91. The number of pyridine rings is 1. The number of benzene rings is 1. The number of carbonyl (C=O) groups is 1. The van der Waals surface area contributed by atoms with E-state index in [-0.39, 0.29) is 18.5 Å². The van der Waals surface area contributed by atoms with Gasteiger partial charge >= 0.3 is 0 Å². The van der Waals surface area contributed by atoms with Crippen molar-refractivity contribution in [1.29, 1.82) is 0 Å². The smallest absolute Gasteiger partial charge is 0.264 e. The van der Waals surface area contributed by atoms with Crippen LogP contribution in [0, 0.1) is 11.6 Å². The van der Waals surface area contributed by atoms with Crippen LogP contribution in [-0.4, -0.2) is 35.1 Å². The SMILES string of the molecule is C[C@@](CCn1cc(F)c(-c2ccc(F)cc2)cc1=O)(C(=O)NO)S(C)(=O)=O. The number of hydroxylamine groups is 1. The summed E-state index contributed by atoms with van der Waals surface area (Å²) in [7, 11) is -3.94. The van der Waals surface area contributed by atoms with E-state index in [2.05, 4.69) is 0 Å². The van der Waals surface area contributed by atoms with Gasteiger partial charge in [-0.3, -0.25) is 14.8 Å². The first-order valence-corrected chi connectivity index (χ1v) is 9.69. The van der Waals surface area contributed by atoms with E-state index >= 15 is 0 Å². The molecule has 146 valence electrons. The molecule has 0 aliphatic rings. The third-order valence-corrected chi connectivity index (χ3v) is 6.49. The Morgan fingerprint density at radius 1 is 1.26 bits per heavy atom. The number of rotatable bonds is 6. The third-order valence-electron chi connectivity index (χ3n) is 4.46. The van der Waals surface area contributed by atoms with Crippen molar-refractivity contribution in [3.63, 3.8) is 0 Å². The number of hydrogen-bond acceptors (Lipinski definition) is 5. The second-order valence-electron chi connectivity index (χ2n) is 6.27. The molecule has 0 saturated carbocycles. The zero-order chi connectivity index (χ0) is 20.4. The van der Waals surface area contributed by atoms with Crippen molar-refractivity contribution in [2.75, 3.05) is 6.26 Å². The summed E-state index contributed by atoms with van der Waals surface area (Å²) >= 11 is 0. The zero-order valence-electron chi connectivity index (χ0n) is 14.6. The van der Waals surface area contributed by atoms with Crippen LogP contribution in [0.15, 0.2) is 41.3 Å². The predicted molar refractivity (Wildman–Crippen MR) is 93.8 cm³/mol. The van der Waals surface area contributed by atoms with E-state index in [0.29, 0.717) is 5.56 Å². The van der Waals surface area contributed by atoms with Crippen molar-refractivity contribution >= 4 is 15.7 Å². The molecule has 0 unspecified atom stereocenters. The van der Waals surface area contributed by atoms with Crippen LogP contribution in [-0.2, 0) is 21.2 Å². The van der Waals surface area contributed by atoms with Gasteiger partial charge in [-0.1, -0.05) is 12.1 Å². The highest BCUT2D eigenvalue weighted by Gasteiger charge is 2.43. The summed E-state index contributed by atoms with van der Waals surface area (Å²) in [4.78, 5) is 24.0. The van der Waals surface area contributed by atoms with Gasteiger partial charge in [-0.15, -0.1) is 0 Å².